The summed E-state index contributed by atoms with van der Waals surface area (Å²) in [5.41, 5.74) is 0. The van der Waals surface area contributed by atoms with Gasteiger partial charge < -0.3 is 9.42 Å². The van der Waals surface area contributed by atoms with Gasteiger partial charge in [0.2, 0.25) is 0 Å². The van der Waals surface area contributed by atoms with Crippen LogP contribution in [0.2, 0.25) is 0 Å². The average Bonchev–Trinajstić information content (AvgIpc) is 3.20. The number of piperidine rings is 1. The molecule has 1 aliphatic rings. The van der Waals surface area contributed by atoms with Crippen molar-refractivity contribution >= 4 is 23.6 Å². The summed E-state index contributed by atoms with van der Waals surface area (Å²) < 4.78 is 6.74. The highest BCUT2D eigenvalue weighted by atomic mass is 32.2. The van der Waals surface area contributed by atoms with E-state index in [9.17, 15) is 4.79 Å². The topological polar surface area (TPSA) is 76.2 Å². The van der Waals surface area contributed by atoms with Crippen molar-refractivity contribution in [3.05, 3.63) is 24.6 Å². The highest BCUT2D eigenvalue weighted by Gasteiger charge is 2.35. The third-order valence-corrected chi connectivity index (χ3v) is 6.05. The van der Waals surface area contributed by atoms with Crippen LogP contribution in [0, 0.1) is 5.92 Å². The van der Waals surface area contributed by atoms with E-state index in [0.29, 0.717) is 11.7 Å². The highest BCUT2D eigenvalue weighted by molar-refractivity contribution is 8.00. The maximum atomic E-state index is 12.2. The largest absolute Gasteiger partial charge is 0.363 e. The Morgan fingerprint density at radius 3 is 2.71 bits per heavy atom. The number of aromatic nitrogens is 3. The van der Waals surface area contributed by atoms with E-state index in [2.05, 4.69) is 29.4 Å². The van der Waals surface area contributed by atoms with E-state index < -0.39 is 0 Å². The minimum Gasteiger partial charge on any atom is -0.363 e. The molecule has 8 heteroatoms. The molecule has 1 fully saturated rings. The summed E-state index contributed by atoms with van der Waals surface area (Å²) in [4.78, 5) is 14.1. The molecule has 2 aromatic heterocycles. The van der Waals surface area contributed by atoms with Crippen molar-refractivity contribution in [1.29, 1.82) is 0 Å². The summed E-state index contributed by atoms with van der Waals surface area (Å²) in [7, 11) is 1.97. The fourth-order valence-electron chi connectivity index (χ4n) is 3.06. The fraction of sp³-hybridized carbons (Fsp3) is 0.562. The number of anilines is 1. The summed E-state index contributed by atoms with van der Waals surface area (Å²) in [6.07, 6.45) is 5.25. The molecule has 0 atom stereocenters. The molecule has 24 heavy (non-hydrogen) atoms. The van der Waals surface area contributed by atoms with E-state index in [1.807, 2.05) is 40.7 Å². The monoisotopic (exact) mass is 349 g/mol. The number of urea groups is 1. The Morgan fingerprint density at radius 2 is 2.12 bits per heavy atom. The van der Waals surface area contributed by atoms with Crippen LogP contribution >= 0.6 is 11.8 Å². The maximum absolute atomic E-state index is 12.2. The molecular weight excluding hydrogens is 326 g/mol. The zero-order valence-corrected chi connectivity index (χ0v) is 15.0. The Balaban J connectivity index is 1.54. The summed E-state index contributed by atoms with van der Waals surface area (Å²) in [5, 5.41) is 11.9. The summed E-state index contributed by atoms with van der Waals surface area (Å²) in [6.45, 7) is 6.06. The van der Waals surface area contributed by atoms with Gasteiger partial charge in [0.15, 0.2) is 5.82 Å². The first-order chi connectivity index (χ1) is 11.5. The molecule has 1 aliphatic heterocycles. The van der Waals surface area contributed by atoms with Crippen molar-refractivity contribution in [3.63, 3.8) is 0 Å². The van der Waals surface area contributed by atoms with Crippen LogP contribution in [-0.2, 0) is 7.05 Å². The lowest BCUT2D eigenvalue weighted by Gasteiger charge is -2.40. The number of rotatable bonds is 4. The van der Waals surface area contributed by atoms with Crippen LogP contribution in [0.5, 0.6) is 0 Å². The molecule has 130 valence electrons. The van der Waals surface area contributed by atoms with Gasteiger partial charge in [-0.25, -0.2) is 4.79 Å². The number of nitrogens with zero attached hydrogens (tertiary/aromatic N) is 4. The Morgan fingerprint density at radius 1 is 1.38 bits per heavy atom. The normalized spacial score (nSPS) is 16.4. The third kappa shape index (κ3) is 3.75. The SMILES string of the molecule is Cn1nccc1SC(C)(C)C1CCN(C(=O)Nc2ccon2)CC1. The van der Waals surface area contributed by atoms with Crippen molar-refractivity contribution in [2.75, 3.05) is 18.4 Å². The molecule has 2 amide bonds. The maximum Gasteiger partial charge on any atom is 0.323 e. The van der Waals surface area contributed by atoms with Gasteiger partial charge in [-0.15, -0.1) is 11.8 Å². The number of carbonyl (C=O) groups excluding carboxylic acids is 1. The molecule has 3 heterocycles. The van der Waals surface area contributed by atoms with E-state index in [1.165, 1.54) is 11.3 Å². The van der Waals surface area contributed by atoms with Gasteiger partial charge in [-0.1, -0.05) is 19.0 Å². The number of amides is 2. The average molecular weight is 349 g/mol. The molecule has 2 aromatic rings. The lowest BCUT2D eigenvalue weighted by Crippen LogP contribution is -2.44. The molecule has 0 unspecified atom stereocenters. The number of hydrogen-bond acceptors (Lipinski definition) is 5. The van der Waals surface area contributed by atoms with Gasteiger partial charge in [-0.3, -0.25) is 10.00 Å². The van der Waals surface area contributed by atoms with Crippen molar-refractivity contribution in [1.82, 2.24) is 19.8 Å². The van der Waals surface area contributed by atoms with E-state index in [-0.39, 0.29) is 10.8 Å². The van der Waals surface area contributed by atoms with Gasteiger partial charge in [0.1, 0.15) is 6.26 Å². The molecule has 0 spiro atoms. The van der Waals surface area contributed by atoms with Crippen LogP contribution in [0.15, 0.2) is 34.1 Å². The second-order valence-corrected chi connectivity index (χ2v) is 8.25. The fourth-order valence-corrected chi connectivity index (χ4v) is 4.31. The molecule has 1 N–H and O–H groups in total. The molecular formula is C16H23N5O2S. The van der Waals surface area contributed by atoms with E-state index in [4.69, 9.17) is 4.52 Å². The summed E-state index contributed by atoms with van der Waals surface area (Å²) in [6, 6.07) is 3.57. The second kappa shape index (κ2) is 6.88. The van der Waals surface area contributed by atoms with Crippen molar-refractivity contribution < 1.29 is 9.32 Å². The molecule has 3 rings (SSSR count). The molecule has 7 nitrogen and oxygen atoms in total. The molecule has 0 saturated carbocycles. The van der Waals surface area contributed by atoms with Crippen LogP contribution in [0.1, 0.15) is 26.7 Å². The number of likely N-dealkylation sites (tertiary alicyclic amines) is 1. The Labute approximate surface area is 145 Å². The number of hydrogen-bond donors (Lipinski definition) is 1. The van der Waals surface area contributed by atoms with Crippen LogP contribution in [-0.4, -0.2) is 43.7 Å². The number of nitrogens with one attached hydrogen (secondary N) is 1. The van der Waals surface area contributed by atoms with Crippen LogP contribution in [0.3, 0.4) is 0 Å². The minimum atomic E-state index is -0.112. The highest BCUT2D eigenvalue weighted by Crippen LogP contribution is 2.42. The third-order valence-electron chi connectivity index (χ3n) is 4.58. The molecule has 0 radical (unpaired) electrons. The van der Waals surface area contributed by atoms with Gasteiger partial charge in [-0.2, -0.15) is 5.10 Å². The van der Waals surface area contributed by atoms with Gasteiger partial charge >= 0.3 is 6.03 Å². The Kier molecular flexibility index (Phi) is 4.84. The lowest BCUT2D eigenvalue weighted by atomic mass is 9.86. The minimum absolute atomic E-state index is 0.0997. The standard InChI is InChI=1S/C16H23N5O2S/c1-16(2,24-14-4-8-17-20(14)3)12-5-9-21(10-6-12)15(22)18-13-7-11-23-19-13/h4,7-8,11-12H,5-6,9-10H2,1-3H3,(H,18,19,22). The van der Waals surface area contributed by atoms with Gasteiger partial charge in [0.05, 0.1) is 11.2 Å². The number of thioether (sulfide) groups is 1. The predicted molar refractivity (Wildman–Crippen MR) is 93.0 cm³/mol. The molecule has 0 aliphatic carbocycles. The second-order valence-electron chi connectivity index (χ2n) is 6.57. The molecule has 0 aromatic carbocycles. The predicted octanol–water partition coefficient (Wildman–Crippen LogP) is 3.22. The van der Waals surface area contributed by atoms with Crippen molar-refractivity contribution in [2.45, 2.75) is 36.5 Å². The van der Waals surface area contributed by atoms with Crippen molar-refractivity contribution in [3.8, 4) is 0 Å². The van der Waals surface area contributed by atoms with E-state index >= 15 is 0 Å². The van der Waals surface area contributed by atoms with E-state index in [0.717, 1.165) is 25.9 Å². The smallest absolute Gasteiger partial charge is 0.323 e. The Bertz CT molecular complexity index is 674. The van der Waals surface area contributed by atoms with Crippen LogP contribution in [0.4, 0.5) is 10.6 Å². The first kappa shape index (κ1) is 16.9. The zero-order chi connectivity index (χ0) is 17.2. The van der Waals surface area contributed by atoms with Gasteiger partial charge in [-0.05, 0) is 24.8 Å². The molecule has 1 saturated heterocycles. The Hall–Kier alpha value is -1.96. The molecule has 0 bridgehead atoms. The number of aryl methyl sites for hydroxylation is 1. The zero-order valence-electron chi connectivity index (χ0n) is 14.2. The summed E-state index contributed by atoms with van der Waals surface area (Å²) >= 11 is 1.86. The lowest BCUT2D eigenvalue weighted by molar-refractivity contribution is 0.173. The summed E-state index contributed by atoms with van der Waals surface area (Å²) in [5.74, 6) is 1.00. The van der Waals surface area contributed by atoms with Gasteiger partial charge in [0, 0.05) is 31.0 Å². The van der Waals surface area contributed by atoms with Gasteiger partial charge in [0.25, 0.3) is 0 Å². The first-order valence-corrected chi connectivity index (χ1v) is 8.91. The number of carbonyl (C=O) groups is 1. The van der Waals surface area contributed by atoms with E-state index in [1.54, 1.807) is 6.07 Å². The van der Waals surface area contributed by atoms with Crippen molar-refractivity contribution in [2.24, 2.45) is 13.0 Å². The van der Waals surface area contributed by atoms with Crippen LogP contribution in [0.25, 0.3) is 0 Å². The first-order valence-electron chi connectivity index (χ1n) is 8.09. The van der Waals surface area contributed by atoms with Crippen LogP contribution < -0.4 is 5.32 Å². The quantitative estimate of drug-likeness (QED) is 0.858.